The minimum Gasteiger partial charge on any atom is -0.468 e. The molecule has 0 amide bonds. The van der Waals surface area contributed by atoms with E-state index in [0.29, 0.717) is 40.3 Å². The molecule has 0 saturated carbocycles. The van der Waals surface area contributed by atoms with E-state index in [1.54, 1.807) is 25.1 Å². The zero-order chi connectivity index (χ0) is 22.9. The van der Waals surface area contributed by atoms with Gasteiger partial charge in [-0.25, -0.2) is 4.79 Å². The first-order chi connectivity index (χ1) is 14.7. The van der Waals surface area contributed by atoms with Crippen LogP contribution in [0.5, 0.6) is 0 Å². The molecule has 4 atom stereocenters. The summed E-state index contributed by atoms with van der Waals surface area (Å²) in [6, 6.07) is 7.08. The van der Waals surface area contributed by atoms with E-state index in [4.69, 9.17) is 21.1 Å². The van der Waals surface area contributed by atoms with Crippen molar-refractivity contribution < 1.29 is 23.9 Å². The molecule has 0 aromatic heterocycles. The number of allylic oxidation sites excluding steroid dienone is 3. The summed E-state index contributed by atoms with van der Waals surface area (Å²) in [4.78, 5) is 39.2. The van der Waals surface area contributed by atoms with E-state index >= 15 is 0 Å². The van der Waals surface area contributed by atoms with Crippen molar-refractivity contribution in [2.75, 3.05) is 7.11 Å². The number of hydrogen-bond donors (Lipinski definition) is 1. The van der Waals surface area contributed by atoms with Crippen LogP contribution in [0.4, 0.5) is 0 Å². The number of esters is 2. The fraction of sp³-hybridized carbons (Fsp3) is 0.458. The van der Waals surface area contributed by atoms with Gasteiger partial charge in [0.2, 0.25) is 0 Å². The molecule has 1 N–H and O–H groups in total. The van der Waals surface area contributed by atoms with Crippen molar-refractivity contribution in [3.63, 3.8) is 0 Å². The molecule has 1 heterocycles. The Labute approximate surface area is 187 Å². The maximum absolute atomic E-state index is 13.6. The van der Waals surface area contributed by atoms with E-state index in [0.717, 1.165) is 5.70 Å². The van der Waals surface area contributed by atoms with E-state index in [1.165, 1.54) is 7.11 Å². The van der Waals surface area contributed by atoms with Crippen molar-refractivity contribution >= 4 is 29.3 Å². The SMILES string of the molecule is CC[C@H](C)OC(=O)C1=C(C)NC2=C(C(=O)[C@H](C(=O)OC)[C@H](C)C2)[C@H]1c1cccc(Cl)c1. The Kier molecular flexibility index (Phi) is 6.90. The summed E-state index contributed by atoms with van der Waals surface area (Å²) in [7, 11) is 1.28. The zero-order valence-electron chi connectivity index (χ0n) is 18.5. The second-order valence-corrected chi connectivity index (χ2v) is 8.65. The molecule has 2 aliphatic rings. The van der Waals surface area contributed by atoms with Crippen molar-refractivity contribution in [2.45, 2.75) is 52.6 Å². The summed E-state index contributed by atoms with van der Waals surface area (Å²) in [6.07, 6.45) is 0.888. The fourth-order valence-electron chi connectivity index (χ4n) is 4.30. The Balaban J connectivity index is 2.17. The molecular formula is C24H28ClNO5. The molecule has 0 bridgehead atoms. The summed E-state index contributed by atoms with van der Waals surface area (Å²) in [5.74, 6) is -3.22. The van der Waals surface area contributed by atoms with Gasteiger partial charge in [0.1, 0.15) is 5.92 Å². The van der Waals surface area contributed by atoms with E-state index in [2.05, 4.69) is 5.32 Å². The molecule has 6 nitrogen and oxygen atoms in total. The second-order valence-electron chi connectivity index (χ2n) is 8.21. The number of ketones is 1. The van der Waals surface area contributed by atoms with Crippen molar-refractivity contribution in [1.29, 1.82) is 0 Å². The van der Waals surface area contributed by atoms with Gasteiger partial charge in [-0.1, -0.05) is 37.6 Å². The Bertz CT molecular complexity index is 980. The molecule has 0 saturated heterocycles. The fourth-order valence-corrected chi connectivity index (χ4v) is 4.50. The molecule has 0 spiro atoms. The number of carbonyl (C=O) groups is 3. The number of benzene rings is 1. The van der Waals surface area contributed by atoms with Crippen molar-refractivity contribution in [2.24, 2.45) is 11.8 Å². The molecular weight excluding hydrogens is 418 g/mol. The number of methoxy groups -OCH3 is 1. The molecule has 1 aromatic rings. The lowest BCUT2D eigenvalue weighted by Gasteiger charge is -2.38. The number of Topliss-reactive ketones (excluding diaryl/α,β-unsaturated/α-hetero) is 1. The van der Waals surface area contributed by atoms with Crippen molar-refractivity contribution in [3.8, 4) is 0 Å². The van der Waals surface area contributed by atoms with Crippen LogP contribution in [0.2, 0.25) is 5.02 Å². The number of dihydropyridines is 1. The lowest BCUT2D eigenvalue weighted by Crippen LogP contribution is -2.43. The van der Waals surface area contributed by atoms with Gasteiger partial charge in [-0.15, -0.1) is 0 Å². The molecule has 0 radical (unpaired) electrons. The van der Waals surface area contributed by atoms with Gasteiger partial charge < -0.3 is 14.8 Å². The number of halogens is 1. The third-order valence-electron chi connectivity index (χ3n) is 6.03. The van der Waals surface area contributed by atoms with Crippen LogP contribution in [-0.2, 0) is 23.9 Å². The molecule has 1 aromatic carbocycles. The largest absolute Gasteiger partial charge is 0.468 e. The first kappa shape index (κ1) is 23.1. The zero-order valence-corrected chi connectivity index (χ0v) is 19.2. The summed E-state index contributed by atoms with van der Waals surface area (Å²) in [6.45, 7) is 7.41. The van der Waals surface area contributed by atoms with E-state index in [-0.39, 0.29) is 17.8 Å². The minimum absolute atomic E-state index is 0.229. The number of hydrogen-bond acceptors (Lipinski definition) is 6. The molecule has 31 heavy (non-hydrogen) atoms. The second kappa shape index (κ2) is 9.27. The maximum Gasteiger partial charge on any atom is 0.337 e. The highest BCUT2D eigenvalue weighted by atomic mass is 35.5. The maximum atomic E-state index is 13.6. The Morgan fingerprint density at radius 2 is 2.03 bits per heavy atom. The molecule has 0 fully saturated rings. The quantitative estimate of drug-likeness (QED) is 0.537. The van der Waals surface area contributed by atoms with Crippen LogP contribution in [0.25, 0.3) is 0 Å². The highest BCUT2D eigenvalue weighted by Gasteiger charge is 2.47. The lowest BCUT2D eigenvalue weighted by atomic mass is 9.69. The van der Waals surface area contributed by atoms with Gasteiger partial charge in [-0.3, -0.25) is 9.59 Å². The molecule has 0 unspecified atom stereocenters. The standard InChI is InChI=1S/C24H28ClNO5/c1-6-13(3)31-24(29)19-14(4)26-17-10-12(2)18(23(28)30-5)22(27)21(17)20(19)15-8-7-9-16(25)11-15/h7-9,11-13,18,20,26H,6,10H2,1-5H3/t12-,13+,18-,20+/m1/s1. The van der Waals surface area contributed by atoms with E-state index < -0.39 is 23.8 Å². The predicted molar refractivity (Wildman–Crippen MR) is 117 cm³/mol. The normalized spacial score (nSPS) is 24.3. The summed E-state index contributed by atoms with van der Waals surface area (Å²) >= 11 is 6.25. The Morgan fingerprint density at radius 3 is 2.65 bits per heavy atom. The van der Waals surface area contributed by atoms with Crippen LogP contribution in [0, 0.1) is 11.8 Å². The van der Waals surface area contributed by atoms with Gasteiger partial charge in [0, 0.05) is 27.9 Å². The molecule has 7 heteroatoms. The van der Waals surface area contributed by atoms with Crippen LogP contribution in [-0.4, -0.2) is 30.9 Å². The van der Waals surface area contributed by atoms with Crippen molar-refractivity contribution in [1.82, 2.24) is 5.32 Å². The average Bonchev–Trinajstić information content (AvgIpc) is 2.72. The third-order valence-corrected chi connectivity index (χ3v) is 6.26. The number of ether oxygens (including phenoxy) is 2. The van der Waals surface area contributed by atoms with Gasteiger partial charge in [0.05, 0.1) is 18.8 Å². The number of rotatable bonds is 5. The number of carbonyl (C=O) groups excluding carboxylic acids is 3. The summed E-state index contributed by atoms with van der Waals surface area (Å²) < 4.78 is 10.5. The molecule has 1 aliphatic carbocycles. The Morgan fingerprint density at radius 1 is 1.32 bits per heavy atom. The molecule has 166 valence electrons. The lowest BCUT2D eigenvalue weighted by molar-refractivity contribution is -0.151. The predicted octanol–water partition coefficient (Wildman–Crippen LogP) is 4.29. The number of nitrogens with one attached hydrogen (secondary N) is 1. The minimum atomic E-state index is -0.919. The smallest absolute Gasteiger partial charge is 0.337 e. The first-order valence-electron chi connectivity index (χ1n) is 10.5. The van der Waals surface area contributed by atoms with Crippen LogP contribution < -0.4 is 5.32 Å². The highest BCUT2D eigenvalue weighted by Crippen LogP contribution is 2.45. The topological polar surface area (TPSA) is 81.7 Å². The van der Waals surface area contributed by atoms with E-state index in [9.17, 15) is 14.4 Å². The van der Waals surface area contributed by atoms with E-state index in [1.807, 2.05) is 26.8 Å². The van der Waals surface area contributed by atoms with Crippen LogP contribution in [0.15, 0.2) is 46.8 Å². The van der Waals surface area contributed by atoms with Gasteiger partial charge in [-0.05, 0) is 50.3 Å². The summed E-state index contributed by atoms with van der Waals surface area (Å²) in [5, 5.41) is 3.74. The van der Waals surface area contributed by atoms with Gasteiger partial charge in [-0.2, -0.15) is 0 Å². The molecule has 3 rings (SSSR count). The van der Waals surface area contributed by atoms with Gasteiger partial charge in [0.25, 0.3) is 0 Å². The monoisotopic (exact) mass is 445 g/mol. The first-order valence-corrected chi connectivity index (χ1v) is 10.9. The third kappa shape index (κ3) is 4.40. The van der Waals surface area contributed by atoms with Gasteiger partial charge in [0.15, 0.2) is 5.78 Å². The Hall–Kier alpha value is -2.60. The van der Waals surface area contributed by atoms with Crippen molar-refractivity contribution in [3.05, 3.63) is 57.4 Å². The highest BCUT2D eigenvalue weighted by molar-refractivity contribution is 6.30. The van der Waals surface area contributed by atoms with Crippen LogP contribution in [0.1, 0.15) is 52.0 Å². The average molecular weight is 446 g/mol. The summed E-state index contributed by atoms with van der Waals surface area (Å²) in [5.41, 5.74) is 2.81. The van der Waals surface area contributed by atoms with Crippen LogP contribution in [0.3, 0.4) is 0 Å². The molecule has 1 aliphatic heterocycles. The van der Waals surface area contributed by atoms with Gasteiger partial charge >= 0.3 is 11.9 Å². The van der Waals surface area contributed by atoms with Crippen LogP contribution >= 0.6 is 11.6 Å².